The van der Waals surface area contributed by atoms with Crippen LogP contribution in [0.3, 0.4) is 0 Å². The highest BCUT2D eigenvalue weighted by molar-refractivity contribution is 6.05. The number of amides is 1. The van der Waals surface area contributed by atoms with Gasteiger partial charge in [-0.1, -0.05) is 19.1 Å². The number of carbonyl (C=O) groups excluding carboxylic acids is 2. The first-order chi connectivity index (χ1) is 11.2. The molecular weight excluding hydrogens is 325 g/mol. The van der Waals surface area contributed by atoms with Crippen molar-refractivity contribution < 1.29 is 27.5 Å². The van der Waals surface area contributed by atoms with E-state index in [-0.39, 0.29) is 6.54 Å². The summed E-state index contributed by atoms with van der Waals surface area (Å²) in [6.07, 6.45) is -5.42. The van der Waals surface area contributed by atoms with Gasteiger partial charge >= 0.3 is 6.18 Å². The van der Waals surface area contributed by atoms with Crippen molar-refractivity contribution in [2.75, 3.05) is 6.54 Å². The smallest absolute Gasteiger partial charge is 0.419 e. The summed E-state index contributed by atoms with van der Waals surface area (Å²) in [6.45, 7) is 3.28. The number of nitrogens with zero attached hydrogens (tertiary/aromatic N) is 1. The van der Waals surface area contributed by atoms with Gasteiger partial charge in [0.2, 0.25) is 5.91 Å². The van der Waals surface area contributed by atoms with Crippen LogP contribution in [-0.2, 0) is 15.8 Å². The van der Waals surface area contributed by atoms with E-state index >= 15 is 0 Å². The second kappa shape index (κ2) is 8.34. The SMILES string of the molecule is CCCNC(=O)C(C#N)C(=O)C(C)Oc1ccccc1C(F)(F)F. The van der Waals surface area contributed by atoms with Gasteiger partial charge in [0, 0.05) is 6.54 Å². The summed E-state index contributed by atoms with van der Waals surface area (Å²) in [5.41, 5.74) is -1.03. The molecule has 8 heteroatoms. The molecule has 0 aliphatic carbocycles. The minimum absolute atomic E-state index is 0.288. The van der Waals surface area contributed by atoms with E-state index in [0.717, 1.165) is 12.1 Å². The number of alkyl halides is 3. The number of benzene rings is 1. The number of nitriles is 1. The van der Waals surface area contributed by atoms with Crippen LogP contribution in [0, 0.1) is 17.2 Å². The van der Waals surface area contributed by atoms with Crippen molar-refractivity contribution in [2.45, 2.75) is 32.5 Å². The maximum absolute atomic E-state index is 12.9. The molecule has 1 amide bonds. The molecule has 1 aromatic carbocycles. The van der Waals surface area contributed by atoms with Crippen LogP contribution in [0.15, 0.2) is 24.3 Å². The number of ether oxygens (including phenoxy) is 1. The highest BCUT2D eigenvalue weighted by Gasteiger charge is 2.36. The second-order valence-corrected chi connectivity index (χ2v) is 5.01. The lowest BCUT2D eigenvalue weighted by Crippen LogP contribution is -2.40. The highest BCUT2D eigenvalue weighted by Crippen LogP contribution is 2.36. The second-order valence-electron chi connectivity index (χ2n) is 5.01. The van der Waals surface area contributed by atoms with E-state index < -0.39 is 41.2 Å². The summed E-state index contributed by atoms with van der Waals surface area (Å²) < 4.78 is 43.8. The Morgan fingerprint density at radius 2 is 1.96 bits per heavy atom. The Balaban J connectivity index is 2.91. The molecule has 0 aliphatic heterocycles. The zero-order valence-electron chi connectivity index (χ0n) is 13.2. The number of carbonyl (C=O) groups is 2. The van der Waals surface area contributed by atoms with Gasteiger partial charge in [-0.2, -0.15) is 18.4 Å². The first-order valence-electron chi connectivity index (χ1n) is 7.26. The molecule has 0 saturated heterocycles. The number of Topliss-reactive ketones (excluding diaryl/α,β-unsaturated/α-hetero) is 1. The maximum Gasteiger partial charge on any atom is 0.419 e. The van der Waals surface area contributed by atoms with Crippen LogP contribution >= 0.6 is 0 Å². The van der Waals surface area contributed by atoms with E-state index in [2.05, 4.69) is 5.32 Å². The molecule has 0 spiro atoms. The number of nitrogens with one attached hydrogen (secondary N) is 1. The van der Waals surface area contributed by atoms with Gasteiger partial charge in [-0.3, -0.25) is 9.59 Å². The van der Waals surface area contributed by atoms with Gasteiger partial charge in [0.05, 0.1) is 11.6 Å². The molecule has 0 radical (unpaired) electrons. The third-order valence-electron chi connectivity index (χ3n) is 3.12. The first-order valence-corrected chi connectivity index (χ1v) is 7.26. The summed E-state index contributed by atoms with van der Waals surface area (Å²) in [5, 5.41) is 11.4. The summed E-state index contributed by atoms with van der Waals surface area (Å²) in [4.78, 5) is 23.9. The third-order valence-corrected chi connectivity index (χ3v) is 3.12. The van der Waals surface area contributed by atoms with E-state index in [9.17, 15) is 22.8 Å². The lowest BCUT2D eigenvalue weighted by atomic mass is 10.0. The molecule has 5 nitrogen and oxygen atoms in total. The largest absolute Gasteiger partial charge is 0.482 e. The Labute approximate surface area is 137 Å². The highest BCUT2D eigenvalue weighted by atomic mass is 19.4. The number of para-hydroxylation sites is 1. The zero-order chi connectivity index (χ0) is 18.3. The fourth-order valence-corrected chi connectivity index (χ4v) is 1.89. The molecule has 0 aliphatic rings. The fourth-order valence-electron chi connectivity index (χ4n) is 1.89. The minimum Gasteiger partial charge on any atom is -0.482 e. The normalized spacial score (nSPS) is 13.5. The van der Waals surface area contributed by atoms with Crippen molar-refractivity contribution in [1.29, 1.82) is 5.26 Å². The van der Waals surface area contributed by atoms with Crippen LogP contribution in [-0.4, -0.2) is 24.3 Å². The van der Waals surface area contributed by atoms with Crippen LogP contribution < -0.4 is 10.1 Å². The molecule has 130 valence electrons. The molecule has 0 bridgehead atoms. The Morgan fingerprint density at radius 3 is 2.50 bits per heavy atom. The van der Waals surface area contributed by atoms with Crippen molar-refractivity contribution in [3.63, 3.8) is 0 Å². The van der Waals surface area contributed by atoms with Crippen molar-refractivity contribution in [3.8, 4) is 11.8 Å². The molecule has 2 atom stereocenters. The van der Waals surface area contributed by atoms with Gasteiger partial charge in [-0.25, -0.2) is 0 Å². The van der Waals surface area contributed by atoms with Crippen molar-refractivity contribution in [3.05, 3.63) is 29.8 Å². The fraction of sp³-hybridized carbons (Fsp3) is 0.438. The molecular formula is C16H17F3N2O3. The van der Waals surface area contributed by atoms with E-state index in [0.29, 0.717) is 6.42 Å². The van der Waals surface area contributed by atoms with E-state index in [1.807, 2.05) is 0 Å². The summed E-state index contributed by atoms with van der Waals surface area (Å²) in [5.74, 6) is -3.85. The zero-order valence-corrected chi connectivity index (χ0v) is 13.2. The van der Waals surface area contributed by atoms with Gasteiger partial charge in [-0.15, -0.1) is 0 Å². The topological polar surface area (TPSA) is 79.2 Å². The van der Waals surface area contributed by atoms with Crippen LogP contribution in [0.25, 0.3) is 0 Å². The van der Waals surface area contributed by atoms with E-state index in [1.165, 1.54) is 19.1 Å². The Bertz CT molecular complexity index is 638. The van der Waals surface area contributed by atoms with Gasteiger partial charge in [0.15, 0.2) is 17.8 Å². The van der Waals surface area contributed by atoms with Gasteiger partial charge < -0.3 is 10.1 Å². The number of halogens is 3. The van der Waals surface area contributed by atoms with Gasteiger partial charge in [0.25, 0.3) is 0 Å². The van der Waals surface area contributed by atoms with Crippen molar-refractivity contribution in [1.82, 2.24) is 5.32 Å². The van der Waals surface area contributed by atoms with Crippen molar-refractivity contribution in [2.24, 2.45) is 5.92 Å². The maximum atomic E-state index is 12.9. The number of hydrogen-bond donors (Lipinski definition) is 1. The quantitative estimate of drug-likeness (QED) is 0.773. The molecule has 1 aromatic rings. The van der Waals surface area contributed by atoms with Crippen LogP contribution in [0.4, 0.5) is 13.2 Å². The predicted octanol–water partition coefficient (Wildman–Crippen LogP) is 2.71. The Morgan fingerprint density at radius 1 is 1.33 bits per heavy atom. The molecule has 1 N–H and O–H groups in total. The number of rotatable bonds is 7. The summed E-state index contributed by atoms with van der Waals surface area (Å²) in [6, 6.07) is 5.98. The molecule has 0 heterocycles. The van der Waals surface area contributed by atoms with Crippen LogP contribution in [0.5, 0.6) is 5.75 Å². The summed E-state index contributed by atoms with van der Waals surface area (Å²) >= 11 is 0. The molecule has 0 saturated carbocycles. The Hall–Kier alpha value is -2.56. The molecule has 0 aromatic heterocycles. The predicted molar refractivity (Wildman–Crippen MR) is 78.9 cm³/mol. The average Bonchev–Trinajstić information content (AvgIpc) is 2.52. The third kappa shape index (κ3) is 4.98. The summed E-state index contributed by atoms with van der Waals surface area (Å²) in [7, 11) is 0. The van der Waals surface area contributed by atoms with Crippen LogP contribution in [0.2, 0.25) is 0 Å². The first kappa shape index (κ1) is 19.5. The lowest BCUT2D eigenvalue weighted by molar-refractivity contribution is -0.142. The van der Waals surface area contributed by atoms with E-state index in [4.69, 9.17) is 10.00 Å². The molecule has 1 rings (SSSR count). The van der Waals surface area contributed by atoms with Crippen molar-refractivity contribution >= 4 is 11.7 Å². The molecule has 0 fully saturated rings. The standard InChI is InChI=1S/C16H17F3N2O3/c1-3-8-21-15(23)11(9-20)14(22)10(2)24-13-7-5-4-6-12(13)16(17,18)19/h4-7,10-11H,3,8H2,1-2H3,(H,21,23). The molecule has 24 heavy (non-hydrogen) atoms. The van der Waals surface area contributed by atoms with Gasteiger partial charge in [-0.05, 0) is 25.5 Å². The lowest BCUT2D eigenvalue weighted by Gasteiger charge is -2.19. The number of ketones is 1. The van der Waals surface area contributed by atoms with Crippen LogP contribution in [0.1, 0.15) is 25.8 Å². The Kier molecular flexibility index (Phi) is 6.77. The monoisotopic (exact) mass is 342 g/mol. The average molecular weight is 342 g/mol. The number of hydrogen-bond acceptors (Lipinski definition) is 4. The van der Waals surface area contributed by atoms with Gasteiger partial charge in [0.1, 0.15) is 5.75 Å². The minimum atomic E-state index is -4.65. The molecule has 2 unspecified atom stereocenters. The van der Waals surface area contributed by atoms with E-state index in [1.54, 1.807) is 13.0 Å².